The third-order valence-corrected chi connectivity index (χ3v) is 5.13. The van der Waals surface area contributed by atoms with Gasteiger partial charge in [0.25, 0.3) is 0 Å². The summed E-state index contributed by atoms with van der Waals surface area (Å²) in [6.07, 6.45) is 4.38. The van der Waals surface area contributed by atoms with E-state index in [2.05, 4.69) is 36.1 Å². The highest BCUT2D eigenvalue weighted by molar-refractivity contribution is 5.79. The Balaban J connectivity index is 1.69. The molecule has 0 bridgehead atoms. The van der Waals surface area contributed by atoms with Crippen molar-refractivity contribution in [1.29, 1.82) is 0 Å². The molecule has 0 aliphatic carbocycles. The lowest BCUT2D eigenvalue weighted by molar-refractivity contribution is -0.131. The first-order chi connectivity index (χ1) is 12.0. The molecule has 1 amide bonds. The number of aromatic amines is 1. The SMILES string of the molecule is Cc1nn(CC(C)C)c(C)c1CC(=O)N1CCC[C@@H](c2ccn[nH]2)C1. The van der Waals surface area contributed by atoms with Crippen LogP contribution in [-0.2, 0) is 17.8 Å². The van der Waals surface area contributed by atoms with Gasteiger partial charge in [0.05, 0.1) is 12.1 Å². The summed E-state index contributed by atoms with van der Waals surface area (Å²) in [4.78, 5) is 14.9. The summed E-state index contributed by atoms with van der Waals surface area (Å²) in [6, 6.07) is 2.02. The number of carbonyl (C=O) groups is 1. The van der Waals surface area contributed by atoms with Gasteiger partial charge < -0.3 is 4.90 Å². The van der Waals surface area contributed by atoms with Gasteiger partial charge in [-0.25, -0.2) is 0 Å². The average Bonchev–Trinajstić information content (AvgIpc) is 3.19. The second kappa shape index (κ2) is 7.42. The molecule has 2 aromatic heterocycles. The van der Waals surface area contributed by atoms with Crippen LogP contribution in [0.4, 0.5) is 0 Å². The Labute approximate surface area is 149 Å². The monoisotopic (exact) mass is 343 g/mol. The molecule has 6 heteroatoms. The van der Waals surface area contributed by atoms with Crippen molar-refractivity contribution in [1.82, 2.24) is 24.9 Å². The lowest BCUT2D eigenvalue weighted by atomic mass is 9.94. The zero-order valence-electron chi connectivity index (χ0n) is 15.7. The van der Waals surface area contributed by atoms with Gasteiger partial charge in [-0.1, -0.05) is 13.8 Å². The Bertz CT molecular complexity index is 717. The summed E-state index contributed by atoms with van der Waals surface area (Å²) in [5, 5.41) is 11.7. The van der Waals surface area contributed by atoms with Gasteiger partial charge in [-0.3, -0.25) is 14.6 Å². The zero-order valence-corrected chi connectivity index (χ0v) is 15.7. The van der Waals surface area contributed by atoms with Crippen molar-refractivity contribution < 1.29 is 4.79 Å². The number of piperidine rings is 1. The topological polar surface area (TPSA) is 66.8 Å². The second-order valence-corrected chi connectivity index (χ2v) is 7.59. The van der Waals surface area contributed by atoms with Crippen LogP contribution < -0.4 is 0 Å². The minimum Gasteiger partial charge on any atom is -0.342 e. The van der Waals surface area contributed by atoms with Crippen LogP contribution in [0.25, 0.3) is 0 Å². The highest BCUT2D eigenvalue weighted by Gasteiger charge is 2.26. The van der Waals surface area contributed by atoms with Crippen LogP contribution in [0.15, 0.2) is 12.3 Å². The van der Waals surface area contributed by atoms with Crippen molar-refractivity contribution in [3.05, 3.63) is 34.9 Å². The molecule has 0 radical (unpaired) electrons. The quantitative estimate of drug-likeness (QED) is 0.908. The van der Waals surface area contributed by atoms with Crippen molar-refractivity contribution in [2.75, 3.05) is 13.1 Å². The first-order valence-corrected chi connectivity index (χ1v) is 9.25. The third-order valence-electron chi connectivity index (χ3n) is 5.13. The minimum atomic E-state index is 0.208. The van der Waals surface area contributed by atoms with Crippen LogP contribution in [0.3, 0.4) is 0 Å². The fourth-order valence-electron chi connectivity index (χ4n) is 3.73. The summed E-state index contributed by atoms with van der Waals surface area (Å²) in [7, 11) is 0. The average molecular weight is 343 g/mol. The number of nitrogens with zero attached hydrogens (tertiary/aromatic N) is 4. The minimum absolute atomic E-state index is 0.208. The zero-order chi connectivity index (χ0) is 18.0. The van der Waals surface area contributed by atoms with E-state index >= 15 is 0 Å². The van der Waals surface area contributed by atoms with Crippen molar-refractivity contribution in [3.63, 3.8) is 0 Å². The van der Waals surface area contributed by atoms with Gasteiger partial charge in [-0.05, 0) is 38.7 Å². The summed E-state index contributed by atoms with van der Waals surface area (Å²) in [5.41, 5.74) is 4.33. The van der Waals surface area contributed by atoms with Crippen LogP contribution in [0.5, 0.6) is 0 Å². The van der Waals surface area contributed by atoms with E-state index in [1.54, 1.807) is 6.20 Å². The number of aromatic nitrogens is 4. The lowest BCUT2D eigenvalue weighted by Gasteiger charge is -2.32. The highest BCUT2D eigenvalue weighted by Crippen LogP contribution is 2.26. The van der Waals surface area contributed by atoms with Crippen LogP contribution in [0.1, 0.15) is 55.3 Å². The molecule has 2 aromatic rings. The second-order valence-electron chi connectivity index (χ2n) is 7.59. The number of amides is 1. The Kier molecular flexibility index (Phi) is 5.25. The Morgan fingerprint density at radius 3 is 2.88 bits per heavy atom. The van der Waals surface area contributed by atoms with Crippen molar-refractivity contribution >= 4 is 5.91 Å². The van der Waals surface area contributed by atoms with E-state index in [4.69, 9.17) is 0 Å². The van der Waals surface area contributed by atoms with Crippen molar-refractivity contribution in [2.45, 2.75) is 59.4 Å². The fourth-order valence-corrected chi connectivity index (χ4v) is 3.73. The molecule has 1 fully saturated rings. The van der Waals surface area contributed by atoms with Crippen LogP contribution in [0.2, 0.25) is 0 Å². The molecule has 1 atom stereocenters. The third kappa shape index (κ3) is 3.94. The van der Waals surface area contributed by atoms with E-state index in [0.29, 0.717) is 18.3 Å². The molecule has 0 aromatic carbocycles. The first kappa shape index (κ1) is 17.7. The van der Waals surface area contributed by atoms with E-state index in [-0.39, 0.29) is 5.91 Å². The van der Waals surface area contributed by atoms with Gasteiger partial charge in [-0.2, -0.15) is 10.2 Å². The Morgan fingerprint density at radius 1 is 1.40 bits per heavy atom. The van der Waals surface area contributed by atoms with Gasteiger partial charge >= 0.3 is 0 Å². The Morgan fingerprint density at radius 2 is 2.20 bits per heavy atom. The molecule has 25 heavy (non-hydrogen) atoms. The molecule has 1 aliphatic heterocycles. The summed E-state index contributed by atoms with van der Waals surface area (Å²) >= 11 is 0. The number of likely N-dealkylation sites (tertiary alicyclic amines) is 1. The van der Waals surface area contributed by atoms with Crippen LogP contribution >= 0.6 is 0 Å². The van der Waals surface area contributed by atoms with Crippen molar-refractivity contribution in [3.8, 4) is 0 Å². The molecule has 0 spiro atoms. The maximum atomic E-state index is 12.9. The highest BCUT2D eigenvalue weighted by atomic mass is 16.2. The maximum Gasteiger partial charge on any atom is 0.227 e. The predicted molar refractivity (Wildman–Crippen MR) is 97.4 cm³/mol. The number of hydrogen-bond acceptors (Lipinski definition) is 3. The largest absolute Gasteiger partial charge is 0.342 e. The molecule has 0 saturated carbocycles. The number of nitrogens with one attached hydrogen (secondary N) is 1. The molecule has 1 N–H and O–H groups in total. The molecule has 3 heterocycles. The lowest BCUT2D eigenvalue weighted by Crippen LogP contribution is -2.40. The van der Waals surface area contributed by atoms with Crippen LogP contribution in [0, 0.1) is 19.8 Å². The molecule has 1 aliphatic rings. The molecular formula is C19H29N5O. The number of aryl methyl sites for hydroxylation is 1. The number of H-pyrrole nitrogens is 1. The summed E-state index contributed by atoms with van der Waals surface area (Å²) in [5.74, 6) is 1.12. The number of rotatable bonds is 5. The predicted octanol–water partition coefficient (Wildman–Crippen LogP) is 2.83. The number of carbonyl (C=O) groups excluding carboxylic acids is 1. The summed E-state index contributed by atoms with van der Waals surface area (Å²) in [6.45, 7) is 11.0. The molecule has 1 saturated heterocycles. The van der Waals surface area contributed by atoms with E-state index in [1.165, 1.54) is 0 Å². The fraction of sp³-hybridized carbons (Fsp3) is 0.632. The van der Waals surface area contributed by atoms with E-state index in [1.807, 2.05) is 22.6 Å². The van der Waals surface area contributed by atoms with Gasteiger partial charge in [0.1, 0.15) is 0 Å². The Hall–Kier alpha value is -2.11. The summed E-state index contributed by atoms with van der Waals surface area (Å²) < 4.78 is 2.05. The molecule has 0 unspecified atom stereocenters. The molecule has 6 nitrogen and oxygen atoms in total. The van der Waals surface area contributed by atoms with Gasteiger partial charge in [0.15, 0.2) is 0 Å². The van der Waals surface area contributed by atoms with Gasteiger partial charge in [0.2, 0.25) is 5.91 Å². The van der Waals surface area contributed by atoms with E-state index in [0.717, 1.165) is 55.1 Å². The van der Waals surface area contributed by atoms with E-state index in [9.17, 15) is 4.79 Å². The first-order valence-electron chi connectivity index (χ1n) is 9.25. The van der Waals surface area contributed by atoms with Gasteiger partial charge in [-0.15, -0.1) is 0 Å². The standard InChI is InChI=1S/C19H29N5O/c1-13(2)11-24-15(4)17(14(3)22-24)10-19(25)23-9-5-6-16(12-23)18-7-8-20-21-18/h7-8,13,16H,5-6,9-12H2,1-4H3,(H,20,21)/t16-/m1/s1. The normalized spacial score (nSPS) is 18.1. The smallest absolute Gasteiger partial charge is 0.227 e. The molecule has 136 valence electrons. The number of hydrogen-bond donors (Lipinski definition) is 1. The van der Waals surface area contributed by atoms with E-state index < -0.39 is 0 Å². The van der Waals surface area contributed by atoms with Gasteiger partial charge in [0, 0.05) is 48.7 Å². The van der Waals surface area contributed by atoms with Crippen molar-refractivity contribution in [2.24, 2.45) is 5.92 Å². The molecular weight excluding hydrogens is 314 g/mol. The molecule has 3 rings (SSSR count). The van der Waals surface area contributed by atoms with Crippen LogP contribution in [-0.4, -0.2) is 43.9 Å². The maximum absolute atomic E-state index is 12.9.